The van der Waals surface area contributed by atoms with Crippen molar-refractivity contribution in [1.82, 2.24) is 0 Å². The monoisotopic (exact) mass is 366 g/mol. The fourth-order valence-corrected chi connectivity index (χ4v) is 2.58. The molecule has 0 bridgehead atoms. The molecule has 3 aromatic rings. The summed E-state index contributed by atoms with van der Waals surface area (Å²) in [5.74, 6) is -0.417. The van der Waals surface area contributed by atoms with Crippen molar-refractivity contribution in [3.8, 4) is 5.75 Å². The van der Waals surface area contributed by atoms with Gasteiger partial charge in [0.05, 0.1) is 0 Å². The van der Waals surface area contributed by atoms with Crippen LogP contribution in [0.2, 0.25) is 0 Å². The standard InChI is InChI=1S/C20H18N2O5/c21-18(23)10-11-22(15-4-2-1-3-5-15)19(24)13-26-16-8-6-14-7-9-20(25)27-17(14)12-16/h1-9,12H,10-11,13H2,(H2,21,23). The largest absolute Gasteiger partial charge is 0.484 e. The molecule has 0 unspecified atom stereocenters. The van der Waals surface area contributed by atoms with Gasteiger partial charge in [0, 0.05) is 36.2 Å². The minimum Gasteiger partial charge on any atom is -0.484 e. The number of anilines is 1. The second kappa shape index (κ2) is 8.18. The van der Waals surface area contributed by atoms with Crippen LogP contribution in [0.5, 0.6) is 5.75 Å². The Morgan fingerprint density at radius 3 is 2.52 bits per heavy atom. The van der Waals surface area contributed by atoms with Crippen LogP contribution in [-0.2, 0) is 9.59 Å². The molecule has 1 aromatic heterocycles. The van der Waals surface area contributed by atoms with Gasteiger partial charge in [-0.25, -0.2) is 4.79 Å². The fourth-order valence-electron chi connectivity index (χ4n) is 2.58. The number of nitrogens with two attached hydrogens (primary N) is 1. The molecule has 1 heterocycles. The summed E-state index contributed by atoms with van der Waals surface area (Å²) in [6.45, 7) is -0.0790. The summed E-state index contributed by atoms with van der Waals surface area (Å²) in [5.41, 5.74) is 5.77. The molecule has 2 N–H and O–H groups in total. The molecule has 138 valence electrons. The topological polar surface area (TPSA) is 103 Å². The van der Waals surface area contributed by atoms with Crippen LogP contribution in [-0.4, -0.2) is 25.0 Å². The van der Waals surface area contributed by atoms with E-state index in [-0.39, 0.29) is 25.5 Å². The molecule has 0 atom stereocenters. The highest BCUT2D eigenvalue weighted by atomic mass is 16.5. The first kappa shape index (κ1) is 18.2. The molecule has 7 heteroatoms. The molecule has 3 rings (SSSR count). The van der Waals surface area contributed by atoms with Gasteiger partial charge >= 0.3 is 5.63 Å². The first-order chi connectivity index (χ1) is 13.0. The van der Waals surface area contributed by atoms with Gasteiger partial charge in [0.2, 0.25) is 5.91 Å². The predicted molar refractivity (Wildman–Crippen MR) is 101 cm³/mol. The van der Waals surface area contributed by atoms with Crippen molar-refractivity contribution in [3.05, 3.63) is 71.1 Å². The molecule has 0 aliphatic rings. The van der Waals surface area contributed by atoms with E-state index in [9.17, 15) is 14.4 Å². The second-order valence-corrected chi connectivity index (χ2v) is 5.84. The van der Waals surface area contributed by atoms with E-state index in [1.165, 1.54) is 11.0 Å². The van der Waals surface area contributed by atoms with Gasteiger partial charge in [0.1, 0.15) is 11.3 Å². The Morgan fingerprint density at radius 1 is 1.04 bits per heavy atom. The Bertz CT molecular complexity index is 1010. The van der Waals surface area contributed by atoms with E-state index in [1.54, 1.807) is 48.5 Å². The third-order valence-electron chi connectivity index (χ3n) is 3.91. The first-order valence-electron chi connectivity index (χ1n) is 8.33. The number of primary amides is 1. The third-order valence-corrected chi connectivity index (χ3v) is 3.91. The number of benzene rings is 2. The summed E-state index contributed by atoms with van der Waals surface area (Å²) in [7, 11) is 0. The van der Waals surface area contributed by atoms with Gasteiger partial charge < -0.3 is 19.8 Å². The molecule has 0 saturated carbocycles. The molecular formula is C20H18N2O5. The summed E-state index contributed by atoms with van der Waals surface area (Å²) in [4.78, 5) is 36.5. The zero-order valence-corrected chi connectivity index (χ0v) is 14.5. The third kappa shape index (κ3) is 4.72. The first-order valence-corrected chi connectivity index (χ1v) is 8.33. The number of amides is 2. The average molecular weight is 366 g/mol. The molecule has 0 aliphatic carbocycles. The van der Waals surface area contributed by atoms with Crippen molar-refractivity contribution in [3.63, 3.8) is 0 Å². The Hall–Kier alpha value is -3.61. The number of hydrogen-bond donors (Lipinski definition) is 1. The van der Waals surface area contributed by atoms with Crippen LogP contribution in [0.3, 0.4) is 0 Å². The minimum atomic E-state index is -0.491. The van der Waals surface area contributed by atoms with Crippen LogP contribution in [0.15, 0.2) is 69.9 Å². The van der Waals surface area contributed by atoms with E-state index >= 15 is 0 Å². The number of hydrogen-bond acceptors (Lipinski definition) is 5. The lowest BCUT2D eigenvalue weighted by atomic mass is 10.2. The van der Waals surface area contributed by atoms with Gasteiger partial charge in [0.15, 0.2) is 6.61 Å². The smallest absolute Gasteiger partial charge is 0.336 e. The molecule has 0 radical (unpaired) electrons. The Kier molecular flexibility index (Phi) is 5.51. The van der Waals surface area contributed by atoms with Gasteiger partial charge in [-0.2, -0.15) is 0 Å². The maximum Gasteiger partial charge on any atom is 0.336 e. The number of para-hydroxylation sites is 1. The van der Waals surface area contributed by atoms with Crippen LogP contribution < -0.4 is 21.0 Å². The van der Waals surface area contributed by atoms with Gasteiger partial charge in [-0.1, -0.05) is 18.2 Å². The Balaban J connectivity index is 1.73. The summed E-state index contributed by atoms with van der Waals surface area (Å²) in [5, 5.41) is 0.751. The highest BCUT2D eigenvalue weighted by Gasteiger charge is 2.17. The lowest BCUT2D eigenvalue weighted by Gasteiger charge is -2.22. The molecule has 0 fully saturated rings. The molecule has 7 nitrogen and oxygen atoms in total. The number of rotatable bonds is 7. The van der Waals surface area contributed by atoms with Crippen molar-refractivity contribution in [2.45, 2.75) is 6.42 Å². The van der Waals surface area contributed by atoms with E-state index in [0.717, 1.165) is 5.39 Å². The maximum absolute atomic E-state index is 12.6. The van der Waals surface area contributed by atoms with E-state index in [4.69, 9.17) is 14.9 Å². The van der Waals surface area contributed by atoms with E-state index in [2.05, 4.69) is 0 Å². The number of carbonyl (C=O) groups excluding carboxylic acids is 2. The van der Waals surface area contributed by atoms with E-state index in [0.29, 0.717) is 17.0 Å². The molecular weight excluding hydrogens is 348 g/mol. The summed E-state index contributed by atoms with van der Waals surface area (Å²) in [6.07, 6.45) is 0.0434. The summed E-state index contributed by atoms with van der Waals surface area (Å²) in [6, 6.07) is 16.9. The summed E-state index contributed by atoms with van der Waals surface area (Å²) >= 11 is 0. The predicted octanol–water partition coefficient (Wildman–Crippen LogP) is 2.08. The van der Waals surface area contributed by atoms with Crippen LogP contribution in [0.1, 0.15) is 6.42 Å². The molecule has 27 heavy (non-hydrogen) atoms. The SMILES string of the molecule is NC(=O)CCN(C(=O)COc1ccc2ccc(=O)oc2c1)c1ccccc1. The lowest BCUT2D eigenvalue weighted by Crippen LogP contribution is -2.37. The van der Waals surface area contributed by atoms with Crippen molar-refractivity contribution in [1.29, 1.82) is 0 Å². The number of nitrogens with zero attached hydrogens (tertiary/aromatic N) is 1. The van der Waals surface area contributed by atoms with Crippen LogP contribution in [0.25, 0.3) is 11.0 Å². The Morgan fingerprint density at radius 2 is 1.78 bits per heavy atom. The fraction of sp³-hybridized carbons (Fsp3) is 0.150. The maximum atomic E-state index is 12.6. The van der Waals surface area contributed by atoms with Crippen LogP contribution >= 0.6 is 0 Å². The molecule has 2 aromatic carbocycles. The molecule has 0 aliphatic heterocycles. The quantitative estimate of drug-likeness (QED) is 0.645. The molecule has 2 amide bonds. The highest BCUT2D eigenvalue weighted by Crippen LogP contribution is 2.20. The number of ether oxygens (including phenoxy) is 1. The average Bonchev–Trinajstić information content (AvgIpc) is 2.66. The van der Waals surface area contributed by atoms with E-state index in [1.807, 2.05) is 6.07 Å². The number of fused-ring (bicyclic) bond motifs is 1. The van der Waals surface area contributed by atoms with Gasteiger partial charge in [-0.3, -0.25) is 9.59 Å². The van der Waals surface area contributed by atoms with Crippen LogP contribution in [0, 0.1) is 0 Å². The second-order valence-electron chi connectivity index (χ2n) is 5.84. The van der Waals surface area contributed by atoms with Gasteiger partial charge in [0.25, 0.3) is 5.91 Å². The normalized spacial score (nSPS) is 10.5. The highest BCUT2D eigenvalue weighted by molar-refractivity contribution is 5.95. The van der Waals surface area contributed by atoms with Crippen molar-refractivity contribution < 1.29 is 18.7 Å². The van der Waals surface area contributed by atoms with E-state index < -0.39 is 11.5 Å². The van der Waals surface area contributed by atoms with Crippen molar-refractivity contribution in [2.75, 3.05) is 18.1 Å². The van der Waals surface area contributed by atoms with Gasteiger partial charge in [-0.15, -0.1) is 0 Å². The Labute approximate surface area is 154 Å². The van der Waals surface area contributed by atoms with Crippen molar-refractivity contribution >= 4 is 28.5 Å². The molecule has 0 spiro atoms. The minimum absolute atomic E-state index is 0.0434. The molecule has 0 saturated heterocycles. The van der Waals surface area contributed by atoms with Gasteiger partial charge in [-0.05, 0) is 30.3 Å². The zero-order valence-electron chi connectivity index (χ0n) is 14.5. The van der Waals surface area contributed by atoms with Crippen LogP contribution in [0.4, 0.5) is 5.69 Å². The zero-order chi connectivity index (χ0) is 19.2. The van der Waals surface area contributed by atoms with Crippen molar-refractivity contribution in [2.24, 2.45) is 5.73 Å². The summed E-state index contributed by atoms with van der Waals surface area (Å²) < 4.78 is 10.7. The number of carbonyl (C=O) groups is 2. The lowest BCUT2D eigenvalue weighted by molar-refractivity contribution is -0.120.